The summed E-state index contributed by atoms with van der Waals surface area (Å²) in [6.45, 7) is 7.06. The van der Waals surface area contributed by atoms with Crippen LogP contribution in [0.5, 0.6) is 0 Å². The van der Waals surface area contributed by atoms with Crippen LogP contribution in [0.4, 0.5) is 0 Å². The summed E-state index contributed by atoms with van der Waals surface area (Å²) in [7, 11) is 0. The minimum atomic E-state index is 0.0444. The fourth-order valence-electron chi connectivity index (χ4n) is 0.424. The summed E-state index contributed by atoms with van der Waals surface area (Å²) < 4.78 is 5.45. The fraction of sp³-hybridized carbons (Fsp3) is 1.00. The van der Waals surface area contributed by atoms with Crippen LogP contribution >= 0.6 is 12.6 Å². The van der Waals surface area contributed by atoms with Gasteiger partial charge in [0.15, 0.2) is 0 Å². The Labute approximate surface area is 63.2 Å². The predicted octanol–water partition coefficient (Wildman–Crippen LogP) is 2.12. The Hall–Kier alpha value is 0.310. The van der Waals surface area contributed by atoms with Crippen LogP contribution in [0.1, 0.15) is 27.2 Å². The number of hydrogen-bond acceptors (Lipinski definition) is 2. The van der Waals surface area contributed by atoms with Gasteiger partial charge in [-0.3, -0.25) is 0 Å². The molecular weight excluding hydrogens is 132 g/mol. The van der Waals surface area contributed by atoms with E-state index in [1.54, 1.807) is 0 Å². The molecule has 9 heavy (non-hydrogen) atoms. The van der Waals surface area contributed by atoms with Gasteiger partial charge in [-0.15, -0.1) is 0 Å². The minimum Gasteiger partial charge on any atom is -0.375 e. The van der Waals surface area contributed by atoms with E-state index in [1.165, 1.54) is 0 Å². The van der Waals surface area contributed by atoms with Crippen molar-refractivity contribution >= 4 is 12.6 Å². The molecule has 0 atom stereocenters. The number of rotatable bonds is 4. The fourth-order valence-corrected chi connectivity index (χ4v) is 0.515. The molecule has 0 aromatic carbocycles. The average molecular weight is 148 g/mol. The van der Waals surface area contributed by atoms with E-state index in [0.29, 0.717) is 0 Å². The highest BCUT2D eigenvalue weighted by molar-refractivity contribution is 7.80. The van der Waals surface area contributed by atoms with Crippen LogP contribution in [0, 0.1) is 0 Å². The lowest BCUT2D eigenvalue weighted by Crippen LogP contribution is -2.23. The van der Waals surface area contributed by atoms with E-state index in [0.717, 1.165) is 18.8 Å². The van der Waals surface area contributed by atoms with Crippen molar-refractivity contribution in [3.63, 3.8) is 0 Å². The Morgan fingerprint density at radius 3 is 2.33 bits per heavy atom. The molecule has 0 N–H and O–H groups in total. The van der Waals surface area contributed by atoms with Crippen LogP contribution in [0.15, 0.2) is 0 Å². The van der Waals surface area contributed by atoms with Crippen LogP contribution in [-0.4, -0.2) is 18.0 Å². The molecule has 0 radical (unpaired) electrons. The maximum atomic E-state index is 5.45. The maximum Gasteiger partial charge on any atom is 0.0624 e. The van der Waals surface area contributed by atoms with Gasteiger partial charge in [0.2, 0.25) is 0 Å². The number of thiol groups is 1. The first kappa shape index (κ1) is 9.31. The molecule has 1 nitrogen and oxygen atoms in total. The summed E-state index contributed by atoms with van der Waals surface area (Å²) in [6, 6.07) is 0. The zero-order valence-electron chi connectivity index (χ0n) is 6.48. The van der Waals surface area contributed by atoms with Gasteiger partial charge >= 0.3 is 0 Å². The van der Waals surface area contributed by atoms with Crippen molar-refractivity contribution in [3.05, 3.63) is 0 Å². The first-order valence-corrected chi connectivity index (χ1v) is 4.00. The Bertz CT molecular complexity index is 71.3. The molecule has 0 amide bonds. The van der Waals surface area contributed by atoms with Crippen LogP contribution in [-0.2, 0) is 4.74 Å². The van der Waals surface area contributed by atoms with E-state index in [1.807, 2.05) is 0 Å². The lowest BCUT2D eigenvalue weighted by molar-refractivity contribution is -0.0108. The Morgan fingerprint density at radius 1 is 1.44 bits per heavy atom. The van der Waals surface area contributed by atoms with E-state index in [-0.39, 0.29) is 5.60 Å². The first-order valence-electron chi connectivity index (χ1n) is 3.37. The molecule has 0 spiro atoms. The first-order chi connectivity index (χ1) is 4.12. The lowest BCUT2D eigenvalue weighted by atomic mass is 10.1. The van der Waals surface area contributed by atoms with Gasteiger partial charge in [0.25, 0.3) is 0 Å². The van der Waals surface area contributed by atoms with Crippen LogP contribution < -0.4 is 0 Å². The van der Waals surface area contributed by atoms with Crippen molar-refractivity contribution in [2.45, 2.75) is 32.8 Å². The molecule has 56 valence electrons. The average Bonchev–Trinajstić information content (AvgIpc) is 1.84. The van der Waals surface area contributed by atoms with Crippen molar-refractivity contribution in [3.8, 4) is 0 Å². The Morgan fingerprint density at radius 2 is 2.00 bits per heavy atom. The zero-order chi connectivity index (χ0) is 7.33. The molecule has 0 heterocycles. The van der Waals surface area contributed by atoms with Gasteiger partial charge in [-0.1, -0.05) is 6.92 Å². The van der Waals surface area contributed by atoms with Gasteiger partial charge in [-0.25, -0.2) is 0 Å². The van der Waals surface area contributed by atoms with E-state index in [9.17, 15) is 0 Å². The molecule has 0 saturated heterocycles. The topological polar surface area (TPSA) is 9.23 Å². The summed E-state index contributed by atoms with van der Waals surface area (Å²) in [6.07, 6.45) is 1.06. The van der Waals surface area contributed by atoms with E-state index in [2.05, 4.69) is 33.4 Å². The molecular formula is C7H16OS. The van der Waals surface area contributed by atoms with Crippen molar-refractivity contribution in [1.82, 2.24) is 0 Å². The van der Waals surface area contributed by atoms with Gasteiger partial charge in [0.05, 0.1) is 12.2 Å². The molecule has 0 saturated carbocycles. The number of hydrogen-bond donors (Lipinski definition) is 1. The van der Waals surface area contributed by atoms with Gasteiger partial charge in [-0.05, 0) is 20.3 Å². The lowest BCUT2D eigenvalue weighted by Gasteiger charge is -2.22. The summed E-state index contributed by atoms with van der Waals surface area (Å²) in [4.78, 5) is 0. The highest BCUT2D eigenvalue weighted by Crippen LogP contribution is 2.12. The SMILES string of the molecule is CCC(C)(C)OCCS. The molecule has 0 aromatic heterocycles. The highest BCUT2D eigenvalue weighted by Gasteiger charge is 2.13. The summed E-state index contributed by atoms with van der Waals surface area (Å²) in [5, 5.41) is 0. The monoisotopic (exact) mass is 148 g/mol. The summed E-state index contributed by atoms with van der Waals surface area (Å²) in [5.41, 5.74) is 0.0444. The van der Waals surface area contributed by atoms with Crippen molar-refractivity contribution < 1.29 is 4.74 Å². The Balaban J connectivity index is 3.33. The molecule has 0 aliphatic heterocycles. The quantitative estimate of drug-likeness (QED) is 0.601. The second kappa shape index (κ2) is 4.18. The molecule has 0 bridgehead atoms. The highest BCUT2D eigenvalue weighted by atomic mass is 32.1. The Kier molecular flexibility index (Phi) is 4.32. The van der Waals surface area contributed by atoms with Crippen molar-refractivity contribution in [2.24, 2.45) is 0 Å². The summed E-state index contributed by atoms with van der Waals surface area (Å²) >= 11 is 4.05. The predicted molar refractivity (Wildman–Crippen MR) is 44.2 cm³/mol. The van der Waals surface area contributed by atoms with Gasteiger partial charge in [0, 0.05) is 5.75 Å². The largest absolute Gasteiger partial charge is 0.375 e. The van der Waals surface area contributed by atoms with Crippen molar-refractivity contribution in [1.29, 1.82) is 0 Å². The summed E-state index contributed by atoms with van der Waals surface area (Å²) in [5.74, 6) is 0.809. The van der Waals surface area contributed by atoms with Crippen molar-refractivity contribution in [2.75, 3.05) is 12.4 Å². The van der Waals surface area contributed by atoms with Crippen LogP contribution in [0.25, 0.3) is 0 Å². The van der Waals surface area contributed by atoms with Gasteiger partial charge in [0.1, 0.15) is 0 Å². The molecule has 0 aliphatic carbocycles. The third kappa shape index (κ3) is 4.79. The van der Waals surface area contributed by atoms with E-state index in [4.69, 9.17) is 4.74 Å². The molecule has 0 rings (SSSR count). The molecule has 0 unspecified atom stereocenters. The third-order valence-corrected chi connectivity index (χ3v) is 1.62. The molecule has 0 aromatic rings. The van der Waals surface area contributed by atoms with E-state index >= 15 is 0 Å². The van der Waals surface area contributed by atoms with Gasteiger partial charge in [-0.2, -0.15) is 12.6 Å². The standard InChI is InChI=1S/C7H16OS/c1-4-7(2,3)8-5-6-9/h9H,4-6H2,1-3H3. The van der Waals surface area contributed by atoms with Gasteiger partial charge < -0.3 is 4.74 Å². The minimum absolute atomic E-state index is 0.0444. The van der Waals surface area contributed by atoms with E-state index < -0.39 is 0 Å². The zero-order valence-corrected chi connectivity index (χ0v) is 7.37. The molecule has 2 heteroatoms. The van der Waals surface area contributed by atoms with Crippen LogP contribution in [0.3, 0.4) is 0 Å². The molecule has 0 aliphatic rings. The second-order valence-electron chi connectivity index (χ2n) is 2.69. The maximum absolute atomic E-state index is 5.45. The number of ether oxygens (including phenoxy) is 1. The van der Waals surface area contributed by atoms with Crippen LogP contribution in [0.2, 0.25) is 0 Å². The normalized spacial score (nSPS) is 12.0. The molecule has 0 fully saturated rings. The smallest absolute Gasteiger partial charge is 0.0624 e. The third-order valence-electron chi connectivity index (χ3n) is 1.44. The second-order valence-corrected chi connectivity index (χ2v) is 3.13.